The molecular weight excluding hydrogens is 336 g/mol. The van der Waals surface area contributed by atoms with Crippen LogP contribution in [0.1, 0.15) is 49.3 Å². The Morgan fingerprint density at radius 1 is 1.00 bits per heavy atom. The van der Waals surface area contributed by atoms with Gasteiger partial charge < -0.3 is 10.2 Å². The van der Waals surface area contributed by atoms with Crippen molar-refractivity contribution in [2.45, 2.75) is 39.2 Å². The van der Waals surface area contributed by atoms with Crippen molar-refractivity contribution >= 4 is 17.5 Å². The lowest BCUT2D eigenvalue weighted by molar-refractivity contribution is -0.125. The number of carbonyl (C=O) groups excluding carboxylic acids is 2. The Morgan fingerprint density at radius 2 is 1.70 bits per heavy atom. The third kappa shape index (κ3) is 4.77. The van der Waals surface area contributed by atoms with Gasteiger partial charge in [0.25, 0.3) is 0 Å². The first-order chi connectivity index (χ1) is 13.2. The molecule has 0 radical (unpaired) electrons. The zero-order chi connectivity index (χ0) is 19.1. The first-order valence-corrected chi connectivity index (χ1v) is 9.45. The molecule has 2 aromatic carbocycles. The normalized spacial score (nSPS) is 12.0. The minimum absolute atomic E-state index is 0.0633. The standard InChI is InChI=1S/C23H24N2O2/c1-2-3-16-24-22(26)14-15-23(27)25-17-20-10-5-4-8-18(20)12-13-19-9-6-7-11-21(19)25/h4-11H,2-3,14-17H2,1H3,(H,24,26). The molecule has 1 N–H and O–H groups in total. The van der Waals surface area contributed by atoms with E-state index in [1.54, 1.807) is 4.90 Å². The molecule has 0 saturated carbocycles. The highest BCUT2D eigenvalue weighted by Gasteiger charge is 2.21. The summed E-state index contributed by atoms with van der Waals surface area (Å²) in [7, 11) is 0. The van der Waals surface area contributed by atoms with E-state index in [4.69, 9.17) is 0 Å². The summed E-state index contributed by atoms with van der Waals surface area (Å²) in [4.78, 5) is 26.7. The number of fused-ring (bicyclic) bond motifs is 2. The van der Waals surface area contributed by atoms with Crippen LogP contribution in [0, 0.1) is 11.8 Å². The zero-order valence-corrected chi connectivity index (χ0v) is 15.6. The number of benzene rings is 2. The van der Waals surface area contributed by atoms with Crippen molar-refractivity contribution in [3.05, 3.63) is 65.2 Å². The highest BCUT2D eigenvalue weighted by atomic mass is 16.2. The van der Waals surface area contributed by atoms with E-state index in [0.717, 1.165) is 35.2 Å². The summed E-state index contributed by atoms with van der Waals surface area (Å²) < 4.78 is 0. The smallest absolute Gasteiger partial charge is 0.227 e. The van der Waals surface area contributed by atoms with Gasteiger partial charge in [-0.1, -0.05) is 55.5 Å². The Kier molecular flexibility index (Phi) is 6.27. The zero-order valence-electron chi connectivity index (χ0n) is 15.6. The van der Waals surface area contributed by atoms with Crippen LogP contribution in [0.15, 0.2) is 48.5 Å². The number of unbranched alkanes of at least 4 members (excludes halogenated alkanes) is 1. The molecule has 138 valence electrons. The lowest BCUT2D eigenvalue weighted by atomic mass is 10.0. The molecule has 0 fully saturated rings. The molecular formula is C23H24N2O2. The van der Waals surface area contributed by atoms with Crippen LogP contribution in [0.4, 0.5) is 5.69 Å². The van der Waals surface area contributed by atoms with Crippen molar-refractivity contribution in [1.82, 2.24) is 5.32 Å². The van der Waals surface area contributed by atoms with Crippen LogP contribution in [0.2, 0.25) is 0 Å². The molecule has 0 aromatic heterocycles. The second-order valence-electron chi connectivity index (χ2n) is 6.61. The average Bonchev–Trinajstić information content (AvgIpc) is 2.68. The molecule has 2 aromatic rings. The molecule has 2 amide bonds. The molecule has 3 rings (SSSR count). The van der Waals surface area contributed by atoms with Crippen molar-refractivity contribution in [3.8, 4) is 11.8 Å². The van der Waals surface area contributed by atoms with E-state index in [0.29, 0.717) is 13.1 Å². The first kappa shape index (κ1) is 18.7. The average molecular weight is 360 g/mol. The maximum Gasteiger partial charge on any atom is 0.227 e. The Hall–Kier alpha value is -3.06. The molecule has 0 unspecified atom stereocenters. The number of carbonyl (C=O) groups is 2. The fraction of sp³-hybridized carbons (Fsp3) is 0.304. The van der Waals surface area contributed by atoms with E-state index in [9.17, 15) is 9.59 Å². The molecule has 0 bridgehead atoms. The van der Waals surface area contributed by atoms with Gasteiger partial charge >= 0.3 is 0 Å². The maximum atomic E-state index is 13.0. The fourth-order valence-electron chi connectivity index (χ4n) is 3.06. The van der Waals surface area contributed by atoms with Gasteiger partial charge in [0.15, 0.2) is 0 Å². The summed E-state index contributed by atoms with van der Waals surface area (Å²) in [6, 6.07) is 15.5. The largest absolute Gasteiger partial charge is 0.356 e. The van der Waals surface area contributed by atoms with Gasteiger partial charge in [-0.15, -0.1) is 0 Å². The van der Waals surface area contributed by atoms with Crippen LogP contribution in [-0.2, 0) is 16.1 Å². The van der Waals surface area contributed by atoms with Gasteiger partial charge in [0, 0.05) is 30.5 Å². The number of hydrogen-bond donors (Lipinski definition) is 1. The number of para-hydroxylation sites is 1. The summed E-state index contributed by atoms with van der Waals surface area (Å²) in [5.41, 5.74) is 3.58. The monoisotopic (exact) mass is 360 g/mol. The fourth-order valence-corrected chi connectivity index (χ4v) is 3.06. The van der Waals surface area contributed by atoms with Crippen LogP contribution in [0.5, 0.6) is 0 Å². The molecule has 1 aliphatic heterocycles. The van der Waals surface area contributed by atoms with Gasteiger partial charge in [0.2, 0.25) is 11.8 Å². The molecule has 1 heterocycles. The number of nitrogens with zero attached hydrogens (tertiary/aromatic N) is 1. The highest BCUT2D eigenvalue weighted by Crippen LogP contribution is 2.26. The van der Waals surface area contributed by atoms with Gasteiger partial charge in [-0.2, -0.15) is 0 Å². The van der Waals surface area contributed by atoms with Crippen molar-refractivity contribution in [2.75, 3.05) is 11.4 Å². The topological polar surface area (TPSA) is 49.4 Å². The van der Waals surface area contributed by atoms with E-state index in [1.807, 2.05) is 48.5 Å². The minimum atomic E-state index is -0.0719. The van der Waals surface area contributed by atoms with Gasteiger partial charge in [-0.3, -0.25) is 9.59 Å². The number of anilines is 1. The van der Waals surface area contributed by atoms with Crippen molar-refractivity contribution in [2.24, 2.45) is 0 Å². The highest BCUT2D eigenvalue weighted by molar-refractivity contribution is 5.96. The Labute approximate surface area is 160 Å². The number of amides is 2. The van der Waals surface area contributed by atoms with Crippen LogP contribution in [0.25, 0.3) is 0 Å². The third-order valence-electron chi connectivity index (χ3n) is 4.59. The van der Waals surface area contributed by atoms with Crippen molar-refractivity contribution in [3.63, 3.8) is 0 Å². The van der Waals surface area contributed by atoms with Gasteiger partial charge in [0.05, 0.1) is 12.2 Å². The van der Waals surface area contributed by atoms with Crippen LogP contribution in [0.3, 0.4) is 0 Å². The van der Waals surface area contributed by atoms with Gasteiger partial charge in [-0.25, -0.2) is 0 Å². The number of hydrogen-bond acceptors (Lipinski definition) is 2. The SMILES string of the molecule is CCCCNC(=O)CCC(=O)N1Cc2ccccc2C#Cc2ccccc21. The summed E-state index contributed by atoms with van der Waals surface area (Å²) in [5.74, 6) is 6.25. The first-order valence-electron chi connectivity index (χ1n) is 9.45. The summed E-state index contributed by atoms with van der Waals surface area (Å²) >= 11 is 0. The van der Waals surface area contributed by atoms with E-state index in [1.165, 1.54) is 0 Å². The summed E-state index contributed by atoms with van der Waals surface area (Å²) in [5, 5.41) is 2.87. The predicted molar refractivity (Wildman–Crippen MR) is 107 cm³/mol. The van der Waals surface area contributed by atoms with Crippen LogP contribution < -0.4 is 10.2 Å². The second-order valence-corrected chi connectivity index (χ2v) is 6.61. The number of nitrogens with one attached hydrogen (secondary N) is 1. The molecule has 0 saturated heterocycles. The lowest BCUT2D eigenvalue weighted by Gasteiger charge is -2.26. The third-order valence-corrected chi connectivity index (χ3v) is 4.59. The van der Waals surface area contributed by atoms with Crippen molar-refractivity contribution < 1.29 is 9.59 Å². The van der Waals surface area contributed by atoms with Gasteiger partial charge in [-0.05, 0) is 30.2 Å². The molecule has 4 heteroatoms. The molecule has 0 aliphatic carbocycles. The summed E-state index contributed by atoms with van der Waals surface area (Å²) in [6.07, 6.45) is 2.37. The van der Waals surface area contributed by atoms with E-state index < -0.39 is 0 Å². The predicted octanol–water partition coefficient (Wildman–Crippen LogP) is 3.63. The Balaban J connectivity index is 1.79. The molecule has 0 atom stereocenters. The van der Waals surface area contributed by atoms with Gasteiger partial charge in [0.1, 0.15) is 0 Å². The molecule has 27 heavy (non-hydrogen) atoms. The second kappa shape index (κ2) is 9.05. The van der Waals surface area contributed by atoms with E-state index in [2.05, 4.69) is 24.1 Å². The van der Waals surface area contributed by atoms with E-state index in [-0.39, 0.29) is 24.7 Å². The minimum Gasteiger partial charge on any atom is -0.356 e. The van der Waals surface area contributed by atoms with Crippen LogP contribution in [-0.4, -0.2) is 18.4 Å². The summed E-state index contributed by atoms with van der Waals surface area (Å²) in [6.45, 7) is 3.20. The van der Waals surface area contributed by atoms with E-state index >= 15 is 0 Å². The number of rotatable bonds is 6. The maximum absolute atomic E-state index is 13.0. The van der Waals surface area contributed by atoms with Crippen molar-refractivity contribution in [1.29, 1.82) is 0 Å². The Morgan fingerprint density at radius 3 is 2.52 bits per heavy atom. The molecule has 4 nitrogen and oxygen atoms in total. The lowest BCUT2D eigenvalue weighted by Crippen LogP contribution is -2.33. The quantitative estimate of drug-likeness (QED) is 0.632. The Bertz CT molecular complexity index is 892. The molecule has 0 spiro atoms. The molecule has 1 aliphatic rings. The van der Waals surface area contributed by atoms with Crippen LogP contribution >= 0.6 is 0 Å².